The van der Waals surface area contributed by atoms with E-state index in [0.717, 1.165) is 45.8 Å². The molecule has 1 atom stereocenters. The lowest BCUT2D eigenvalue weighted by Gasteiger charge is -2.09. The SMILES string of the molecule is CCCOCCNC1CCOC1. The summed E-state index contributed by atoms with van der Waals surface area (Å²) in [5.41, 5.74) is 0. The van der Waals surface area contributed by atoms with Crippen molar-refractivity contribution in [1.82, 2.24) is 5.32 Å². The number of rotatable bonds is 6. The fourth-order valence-electron chi connectivity index (χ4n) is 1.28. The second-order valence-corrected chi connectivity index (χ2v) is 3.13. The first-order valence-electron chi connectivity index (χ1n) is 4.82. The largest absolute Gasteiger partial charge is 0.380 e. The fraction of sp³-hybridized carbons (Fsp3) is 1.00. The van der Waals surface area contributed by atoms with Crippen molar-refractivity contribution < 1.29 is 9.47 Å². The molecule has 72 valence electrons. The van der Waals surface area contributed by atoms with E-state index >= 15 is 0 Å². The van der Waals surface area contributed by atoms with Crippen molar-refractivity contribution in [1.29, 1.82) is 0 Å². The third-order valence-corrected chi connectivity index (χ3v) is 1.96. The first kappa shape index (κ1) is 9.96. The van der Waals surface area contributed by atoms with Crippen LogP contribution in [0.15, 0.2) is 0 Å². The standard InChI is InChI=1S/C9H19NO2/c1-2-5-11-7-4-10-9-3-6-12-8-9/h9-10H,2-8H2,1H3. The van der Waals surface area contributed by atoms with Gasteiger partial charge in [-0.2, -0.15) is 0 Å². The summed E-state index contributed by atoms with van der Waals surface area (Å²) in [5, 5.41) is 3.39. The zero-order chi connectivity index (χ0) is 8.65. The van der Waals surface area contributed by atoms with Crippen LogP contribution in [-0.2, 0) is 9.47 Å². The molecule has 0 aromatic rings. The van der Waals surface area contributed by atoms with Gasteiger partial charge in [0, 0.05) is 25.8 Å². The van der Waals surface area contributed by atoms with Gasteiger partial charge in [0.25, 0.3) is 0 Å². The van der Waals surface area contributed by atoms with Gasteiger partial charge in [0.05, 0.1) is 13.2 Å². The van der Waals surface area contributed by atoms with E-state index in [9.17, 15) is 0 Å². The van der Waals surface area contributed by atoms with E-state index < -0.39 is 0 Å². The van der Waals surface area contributed by atoms with Crippen LogP contribution >= 0.6 is 0 Å². The molecule has 3 nitrogen and oxygen atoms in total. The van der Waals surface area contributed by atoms with Crippen LogP contribution in [0.2, 0.25) is 0 Å². The molecule has 1 aliphatic rings. The van der Waals surface area contributed by atoms with Gasteiger partial charge in [0.15, 0.2) is 0 Å². The van der Waals surface area contributed by atoms with Gasteiger partial charge in [-0.25, -0.2) is 0 Å². The zero-order valence-electron chi connectivity index (χ0n) is 7.84. The average molecular weight is 173 g/mol. The topological polar surface area (TPSA) is 30.5 Å². The Morgan fingerprint density at radius 3 is 3.08 bits per heavy atom. The summed E-state index contributed by atoms with van der Waals surface area (Å²) in [5.74, 6) is 0. The highest BCUT2D eigenvalue weighted by atomic mass is 16.5. The van der Waals surface area contributed by atoms with Gasteiger partial charge in [-0.15, -0.1) is 0 Å². The van der Waals surface area contributed by atoms with E-state index in [0.29, 0.717) is 6.04 Å². The Kier molecular flexibility index (Phi) is 5.32. The van der Waals surface area contributed by atoms with Crippen LogP contribution in [-0.4, -0.2) is 39.0 Å². The molecule has 0 aromatic heterocycles. The molecule has 0 amide bonds. The Balaban J connectivity index is 1.81. The van der Waals surface area contributed by atoms with E-state index in [1.807, 2.05) is 0 Å². The highest BCUT2D eigenvalue weighted by Gasteiger charge is 2.13. The third kappa shape index (κ3) is 4.04. The Morgan fingerprint density at radius 2 is 2.42 bits per heavy atom. The normalized spacial score (nSPS) is 23.2. The summed E-state index contributed by atoms with van der Waals surface area (Å²) < 4.78 is 10.6. The van der Waals surface area contributed by atoms with E-state index in [-0.39, 0.29) is 0 Å². The summed E-state index contributed by atoms with van der Waals surface area (Å²) in [6, 6.07) is 0.565. The lowest BCUT2D eigenvalue weighted by molar-refractivity contribution is 0.132. The molecule has 1 saturated heterocycles. The monoisotopic (exact) mass is 173 g/mol. The van der Waals surface area contributed by atoms with Crippen LogP contribution in [0.3, 0.4) is 0 Å². The Bertz CT molecular complexity index is 103. The molecular weight excluding hydrogens is 154 g/mol. The highest BCUT2D eigenvalue weighted by Crippen LogP contribution is 2.02. The fourth-order valence-corrected chi connectivity index (χ4v) is 1.28. The van der Waals surface area contributed by atoms with Crippen molar-refractivity contribution in [3.8, 4) is 0 Å². The lowest BCUT2D eigenvalue weighted by atomic mass is 10.3. The van der Waals surface area contributed by atoms with Crippen molar-refractivity contribution >= 4 is 0 Å². The summed E-state index contributed by atoms with van der Waals surface area (Å²) in [6.07, 6.45) is 2.25. The number of hydrogen-bond acceptors (Lipinski definition) is 3. The maximum atomic E-state index is 5.34. The molecule has 0 aromatic carbocycles. The van der Waals surface area contributed by atoms with Crippen molar-refractivity contribution in [2.45, 2.75) is 25.8 Å². The molecule has 1 heterocycles. The lowest BCUT2D eigenvalue weighted by Crippen LogP contribution is -2.32. The minimum atomic E-state index is 0.565. The van der Waals surface area contributed by atoms with Crippen LogP contribution in [0.25, 0.3) is 0 Å². The number of ether oxygens (including phenoxy) is 2. The van der Waals surface area contributed by atoms with Gasteiger partial charge in [0.2, 0.25) is 0 Å². The van der Waals surface area contributed by atoms with Crippen molar-refractivity contribution in [3.05, 3.63) is 0 Å². The molecule has 0 spiro atoms. The van der Waals surface area contributed by atoms with Gasteiger partial charge in [-0.1, -0.05) is 6.92 Å². The zero-order valence-corrected chi connectivity index (χ0v) is 7.84. The molecular formula is C9H19NO2. The van der Waals surface area contributed by atoms with Gasteiger partial charge in [0.1, 0.15) is 0 Å². The van der Waals surface area contributed by atoms with E-state index in [1.54, 1.807) is 0 Å². The van der Waals surface area contributed by atoms with Crippen LogP contribution in [0.1, 0.15) is 19.8 Å². The number of nitrogens with one attached hydrogen (secondary N) is 1. The molecule has 3 heteroatoms. The maximum absolute atomic E-state index is 5.34. The second-order valence-electron chi connectivity index (χ2n) is 3.13. The quantitative estimate of drug-likeness (QED) is 0.602. The molecule has 12 heavy (non-hydrogen) atoms. The predicted octanol–water partition coefficient (Wildman–Crippen LogP) is 0.792. The minimum absolute atomic E-state index is 0.565. The average Bonchev–Trinajstić information content (AvgIpc) is 2.57. The molecule has 1 aliphatic heterocycles. The molecule has 1 rings (SSSR count). The van der Waals surface area contributed by atoms with Gasteiger partial charge in [-0.05, 0) is 12.8 Å². The van der Waals surface area contributed by atoms with E-state index in [1.165, 1.54) is 0 Å². The minimum Gasteiger partial charge on any atom is -0.380 e. The van der Waals surface area contributed by atoms with Crippen LogP contribution in [0.5, 0.6) is 0 Å². The first-order chi connectivity index (χ1) is 5.93. The molecule has 1 fully saturated rings. The Labute approximate surface area is 74.4 Å². The molecule has 0 bridgehead atoms. The third-order valence-electron chi connectivity index (χ3n) is 1.96. The Morgan fingerprint density at radius 1 is 1.50 bits per heavy atom. The summed E-state index contributed by atoms with van der Waals surface area (Å²) in [6.45, 7) is 6.56. The molecule has 0 saturated carbocycles. The van der Waals surface area contributed by atoms with Gasteiger partial charge < -0.3 is 14.8 Å². The van der Waals surface area contributed by atoms with Gasteiger partial charge >= 0.3 is 0 Å². The summed E-state index contributed by atoms with van der Waals surface area (Å²) in [4.78, 5) is 0. The van der Waals surface area contributed by atoms with Gasteiger partial charge in [-0.3, -0.25) is 0 Å². The van der Waals surface area contributed by atoms with Crippen molar-refractivity contribution in [2.24, 2.45) is 0 Å². The first-order valence-corrected chi connectivity index (χ1v) is 4.82. The molecule has 0 aliphatic carbocycles. The van der Waals surface area contributed by atoms with Crippen LogP contribution in [0.4, 0.5) is 0 Å². The second kappa shape index (κ2) is 6.40. The van der Waals surface area contributed by atoms with Crippen LogP contribution < -0.4 is 5.32 Å². The Hall–Kier alpha value is -0.120. The predicted molar refractivity (Wildman–Crippen MR) is 48.3 cm³/mol. The molecule has 1 unspecified atom stereocenters. The molecule has 1 N–H and O–H groups in total. The summed E-state index contributed by atoms with van der Waals surface area (Å²) in [7, 11) is 0. The maximum Gasteiger partial charge on any atom is 0.0620 e. The van der Waals surface area contributed by atoms with Crippen LogP contribution in [0, 0.1) is 0 Å². The van der Waals surface area contributed by atoms with E-state index in [2.05, 4.69) is 12.2 Å². The smallest absolute Gasteiger partial charge is 0.0620 e. The van der Waals surface area contributed by atoms with Crippen molar-refractivity contribution in [3.63, 3.8) is 0 Å². The molecule has 0 radical (unpaired) electrons. The summed E-state index contributed by atoms with van der Waals surface area (Å²) >= 11 is 0. The van der Waals surface area contributed by atoms with E-state index in [4.69, 9.17) is 9.47 Å². The highest BCUT2D eigenvalue weighted by molar-refractivity contribution is 4.70. The van der Waals surface area contributed by atoms with Crippen molar-refractivity contribution in [2.75, 3.05) is 33.0 Å². The number of hydrogen-bond donors (Lipinski definition) is 1.